The molecule has 0 aromatic heterocycles. The maximum atomic E-state index is 13.1. The Balaban J connectivity index is 2.13. The Labute approximate surface area is 158 Å². The SMILES string of the molecule is CC(=O)C1=C(O)C(Cc2ccccc2)=C(O)C(C)(Cc2ccccc2)C1=O. The number of Topliss-reactive ketones (excluding diaryl/α,β-unsaturated/α-hetero) is 2. The number of hydrogen-bond donors (Lipinski definition) is 2. The molecular weight excluding hydrogens is 340 g/mol. The minimum Gasteiger partial charge on any atom is -0.511 e. The molecule has 1 unspecified atom stereocenters. The molecule has 0 amide bonds. The first-order chi connectivity index (χ1) is 12.8. The van der Waals surface area contributed by atoms with Crippen LogP contribution in [0.1, 0.15) is 25.0 Å². The van der Waals surface area contributed by atoms with Gasteiger partial charge in [-0.1, -0.05) is 60.7 Å². The lowest BCUT2D eigenvalue weighted by atomic mass is 9.69. The molecule has 4 nitrogen and oxygen atoms in total. The second-order valence-corrected chi connectivity index (χ2v) is 7.09. The summed E-state index contributed by atoms with van der Waals surface area (Å²) in [6.45, 7) is 2.88. The summed E-state index contributed by atoms with van der Waals surface area (Å²) in [5, 5.41) is 21.6. The van der Waals surface area contributed by atoms with Crippen LogP contribution >= 0.6 is 0 Å². The molecule has 2 aromatic carbocycles. The number of carbonyl (C=O) groups is 2. The monoisotopic (exact) mass is 362 g/mol. The molecule has 0 radical (unpaired) electrons. The Morgan fingerprint density at radius 3 is 1.96 bits per heavy atom. The van der Waals surface area contributed by atoms with Crippen molar-refractivity contribution in [1.29, 1.82) is 0 Å². The lowest BCUT2D eigenvalue weighted by molar-refractivity contribution is -0.127. The molecular formula is C23H22O4. The van der Waals surface area contributed by atoms with Gasteiger partial charge in [0.2, 0.25) is 0 Å². The van der Waals surface area contributed by atoms with Gasteiger partial charge in [-0.15, -0.1) is 0 Å². The van der Waals surface area contributed by atoms with Crippen molar-refractivity contribution in [3.8, 4) is 0 Å². The topological polar surface area (TPSA) is 74.6 Å². The van der Waals surface area contributed by atoms with Crippen molar-refractivity contribution in [2.75, 3.05) is 0 Å². The summed E-state index contributed by atoms with van der Waals surface area (Å²) in [5.41, 5.74) is 0.411. The number of allylic oxidation sites excluding steroid dienone is 3. The summed E-state index contributed by atoms with van der Waals surface area (Å²) >= 11 is 0. The Morgan fingerprint density at radius 2 is 1.44 bits per heavy atom. The largest absolute Gasteiger partial charge is 0.511 e. The number of benzene rings is 2. The molecule has 0 saturated carbocycles. The number of rotatable bonds is 5. The van der Waals surface area contributed by atoms with Crippen LogP contribution in [0.25, 0.3) is 0 Å². The maximum Gasteiger partial charge on any atom is 0.183 e. The molecule has 27 heavy (non-hydrogen) atoms. The zero-order chi connectivity index (χ0) is 19.6. The van der Waals surface area contributed by atoms with E-state index in [-0.39, 0.29) is 29.7 Å². The van der Waals surface area contributed by atoms with Crippen molar-refractivity contribution in [3.05, 3.63) is 94.5 Å². The number of aliphatic hydroxyl groups excluding tert-OH is 2. The van der Waals surface area contributed by atoms with Gasteiger partial charge in [0, 0.05) is 12.0 Å². The minimum absolute atomic E-state index is 0.178. The van der Waals surface area contributed by atoms with Crippen molar-refractivity contribution in [2.45, 2.75) is 26.7 Å². The Bertz CT molecular complexity index is 939. The van der Waals surface area contributed by atoms with Gasteiger partial charge in [-0.3, -0.25) is 9.59 Å². The van der Waals surface area contributed by atoms with E-state index in [0.717, 1.165) is 11.1 Å². The van der Waals surface area contributed by atoms with Crippen LogP contribution in [0.5, 0.6) is 0 Å². The average Bonchev–Trinajstić information content (AvgIpc) is 2.65. The van der Waals surface area contributed by atoms with Crippen LogP contribution in [-0.2, 0) is 22.4 Å². The zero-order valence-corrected chi connectivity index (χ0v) is 15.4. The van der Waals surface area contributed by atoms with Gasteiger partial charge in [-0.2, -0.15) is 0 Å². The predicted octanol–water partition coefficient (Wildman–Crippen LogP) is 4.27. The van der Waals surface area contributed by atoms with E-state index in [1.807, 2.05) is 60.7 Å². The predicted molar refractivity (Wildman–Crippen MR) is 103 cm³/mol. The van der Waals surface area contributed by atoms with Crippen LogP contribution in [-0.4, -0.2) is 21.8 Å². The summed E-state index contributed by atoms with van der Waals surface area (Å²) < 4.78 is 0. The van der Waals surface area contributed by atoms with E-state index in [1.165, 1.54) is 6.92 Å². The fourth-order valence-corrected chi connectivity index (χ4v) is 3.55. The van der Waals surface area contributed by atoms with Gasteiger partial charge in [-0.25, -0.2) is 0 Å². The summed E-state index contributed by atoms with van der Waals surface area (Å²) in [5.74, 6) is -1.65. The quantitative estimate of drug-likeness (QED) is 0.779. The van der Waals surface area contributed by atoms with Crippen molar-refractivity contribution < 1.29 is 19.8 Å². The van der Waals surface area contributed by atoms with E-state index in [0.29, 0.717) is 0 Å². The smallest absolute Gasteiger partial charge is 0.183 e. The number of hydrogen-bond acceptors (Lipinski definition) is 4. The van der Waals surface area contributed by atoms with Crippen molar-refractivity contribution in [3.63, 3.8) is 0 Å². The molecule has 0 bridgehead atoms. The molecule has 1 aliphatic rings. The Morgan fingerprint density at radius 1 is 0.926 bits per heavy atom. The second kappa shape index (κ2) is 7.23. The Hall–Kier alpha value is -3.14. The maximum absolute atomic E-state index is 13.1. The standard InChI is InChI=1S/C23H22O4/c1-15(24)19-20(25)18(13-16-9-5-3-6-10-16)21(26)23(2,22(19)27)14-17-11-7-4-8-12-17/h3-12,25-26H,13-14H2,1-2H3. The highest BCUT2D eigenvalue weighted by Gasteiger charge is 2.47. The van der Waals surface area contributed by atoms with E-state index in [9.17, 15) is 19.8 Å². The van der Waals surface area contributed by atoms with Crippen LogP contribution in [0.2, 0.25) is 0 Å². The molecule has 0 saturated heterocycles. The third-order valence-electron chi connectivity index (χ3n) is 5.04. The summed E-state index contributed by atoms with van der Waals surface area (Å²) in [7, 11) is 0. The number of ketones is 2. The van der Waals surface area contributed by atoms with E-state index in [4.69, 9.17) is 0 Å². The lowest BCUT2D eigenvalue weighted by Gasteiger charge is -2.34. The van der Waals surface area contributed by atoms with E-state index >= 15 is 0 Å². The van der Waals surface area contributed by atoms with Crippen molar-refractivity contribution >= 4 is 11.6 Å². The lowest BCUT2D eigenvalue weighted by Crippen LogP contribution is -2.40. The molecule has 2 N–H and O–H groups in total. The molecule has 0 heterocycles. The molecule has 2 aromatic rings. The zero-order valence-electron chi connectivity index (χ0n) is 15.4. The van der Waals surface area contributed by atoms with Crippen LogP contribution in [0, 0.1) is 5.41 Å². The average molecular weight is 362 g/mol. The second-order valence-electron chi connectivity index (χ2n) is 7.09. The summed E-state index contributed by atoms with van der Waals surface area (Å²) in [4.78, 5) is 25.2. The van der Waals surface area contributed by atoms with Crippen LogP contribution in [0.4, 0.5) is 0 Å². The highest BCUT2D eigenvalue weighted by Crippen LogP contribution is 2.42. The molecule has 0 aliphatic heterocycles. The van der Waals surface area contributed by atoms with E-state index in [1.54, 1.807) is 6.92 Å². The van der Waals surface area contributed by atoms with Crippen molar-refractivity contribution in [2.24, 2.45) is 5.41 Å². The first kappa shape index (κ1) is 18.6. The first-order valence-electron chi connectivity index (χ1n) is 8.84. The highest BCUT2D eigenvalue weighted by atomic mass is 16.3. The van der Waals surface area contributed by atoms with Crippen LogP contribution in [0.15, 0.2) is 83.3 Å². The van der Waals surface area contributed by atoms with Crippen molar-refractivity contribution in [1.82, 2.24) is 0 Å². The molecule has 1 atom stereocenters. The molecule has 3 rings (SSSR count). The first-order valence-corrected chi connectivity index (χ1v) is 8.84. The van der Waals surface area contributed by atoms with Crippen LogP contribution in [0.3, 0.4) is 0 Å². The van der Waals surface area contributed by atoms with Gasteiger partial charge in [0.1, 0.15) is 17.1 Å². The van der Waals surface area contributed by atoms with Crippen LogP contribution < -0.4 is 0 Å². The number of aliphatic hydroxyl groups is 2. The molecule has 1 aliphatic carbocycles. The van der Waals surface area contributed by atoms with Gasteiger partial charge in [0.25, 0.3) is 0 Å². The van der Waals surface area contributed by atoms with Gasteiger partial charge in [0.15, 0.2) is 11.6 Å². The minimum atomic E-state index is -1.31. The summed E-state index contributed by atoms with van der Waals surface area (Å²) in [6, 6.07) is 18.7. The van der Waals surface area contributed by atoms with Gasteiger partial charge >= 0.3 is 0 Å². The van der Waals surface area contributed by atoms with E-state index in [2.05, 4.69) is 0 Å². The van der Waals surface area contributed by atoms with Gasteiger partial charge in [-0.05, 0) is 31.4 Å². The van der Waals surface area contributed by atoms with Gasteiger partial charge < -0.3 is 10.2 Å². The number of carbonyl (C=O) groups excluding carboxylic acids is 2. The fraction of sp³-hybridized carbons (Fsp3) is 0.217. The van der Waals surface area contributed by atoms with Gasteiger partial charge in [0.05, 0.1) is 5.41 Å². The summed E-state index contributed by atoms with van der Waals surface area (Å²) in [6.07, 6.45) is 0.466. The Kier molecular flexibility index (Phi) is 5.00. The third kappa shape index (κ3) is 3.43. The fourth-order valence-electron chi connectivity index (χ4n) is 3.55. The third-order valence-corrected chi connectivity index (χ3v) is 5.04. The molecule has 4 heteroatoms. The molecule has 0 spiro atoms. The normalized spacial score (nSPS) is 20.1. The highest BCUT2D eigenvalue weighted by molar-refractivity contribution is 6.23. The van der Waals surface area contributed by atoms with E-state index < -0.39 is 22.7 Å². The molecule has 138 valence electrons. The molecule has 0 fully saturated rings.